The Morgan fingerprint density at radius 1 is 1.73 bits per heavy atom. The Bertz CT molecular complexity index is 346. The molecule has 15 heavy (non-hydrogen) atoms. The smallest absolute Gasteiger partial charge is 0.276 e. The number of piperidine rings is 1. The third-order valence-electron chi connectivity index (χ3n) is 2.62. The lowest BCUT2D eigenvalue weighted by atomic mass is 9.95. The third kappa shape index (κ3) is 2.18. The van der Waals surface area contributed by atoms with Crippen LogP contribution >= 0.6 is 0 Å². The Labute approximate surface area is 87.7 Å². The molecule has 1 aromatic heterocycles. The van der Waals surface area contributed by atoms with Gasteiger partial charge in [-0.3, -0.25) is 4.79 Å². The molecule has 1 amide bonds. The molecule has 1 unspecified atom stereocenters. The van der Waals surface area contributed by atoms with Gasteiger partial charge in [0.25, 0.3) is 5.91 Å². The summed E-state index contributed by atoms with van der Waals surface area (Å²) in [7, 11) is 0. The molecule has 0 aromatic carbocycles. The second-order valence-electron chi connectivity index (χ2n) is 4.21. The van der Waals surface area contributed by atoms with Crippen molar-refractivity contribution in [1.29, 1.82) is 0 Å². The van der Waals surface area contributed by atoms with E-state index in [0.29, 0.717) is 18.8 Å². The molecule has 1 aliphatic rings. The van der Waals surface area contributed by atoms with Crippen LogP contribution in [0.5, 0.6) is 0 Å². The van der Waals surface area contributed by atoms with Gasteiger partial charge in [0.1, 0.15) is 6.26 Å². The highest BCUT2D eigenvalue weighted by atomic mass is 16.5. The fourth-order valence-electron chi connectivity index (χ4n) is 1.88. The predicted molar refractivity (Wildman–Crippen MR) is 52.3 cm³/mol. The van der Waals surface area contributed by atoms with Gasteiger partial charge in [0, 0.05) is 19.2 Å². The summed E-state index contributed by atoms with van der Waals surface area (Å²) >= 11 is 0. The van der Waals surface area contributed by atoms with Crippen LogP contribution < -0.4 is 0 Å². The lowest BCUT2D eigenvalue weighted by Crippen LogP contribution is -2.48. The van der Waals surface area contributed by atoms with E-state index in [-0.39, 0.29) is 5.91 Å². The molecule has 1 atom stereocenters. The first kappa shape index (κ1) is 10.2. The Kier molecular flexibility index (Phi) is 2.48. The van der Waals surface area contributed by atoms with Crippen molar-refractivity contribution in [3.63, 3.8) is 0 Å². The highest BCUT2D eigenvalue weighted by Crippen LogP contribution is 2.21. The lowest BCUT2D eigenvalue weighted by Gasteiger charge is -2.36. The molecule has 0 bridgehead atoms. The SMILES string of the molecule is CC1(O)CCCN(C(=O)c2ccon2)C1. The van der Waals surface area contributed by atoms with E-state index in [2.05, 4.69) is 9.68 Å². The molecule has 1 N–H and O–H groups in total. The highest BCUT2D eigenvalue weighted by molar-refractivity contribution is 5.92. The monoisotopic (exact) mass is 210 g/mol. The molecule has 0 radical (unpaired) electrons. The van der Waals surface area contributed by atoms with Gasteiger partial charge in [-0.25, -0.2) is 0 Å². The molecular weight excluding hydrogens is 196 g/mol. The summed E-state index contributed by atoms with van der Waals surface area (Å²) in [6, 6.07) is 1.53. The van der Waals surface area contributed by atoms with E-state index in [0.717, 1.165) is 12.8 Å². The number of β-amino-alcohol motifs (C(OH)–C–C–N with tert-alkyl or cyclic N) is 1. The first-order valence-corrected chi connectivity index (χ1v) is 5.00. The zero-order valence-electron chi connectivity index (χ0n) is 8.64. The molecule has 2 rings (SSSR count). The van der Waals surface area contributed by atoms with Crippen LogP contribution in [0.4, 0.5) is 0 Å². The van der Waals surface area contributed by atoms with E-state index >= 15 is 0 Å². The van der Waals surface area contributed by atoms with E-state index < -0.39 is 5.60 Å². The van der Waals surface area contributed by atoms with Gasteiger partial charge in [0.2, 0.25) is 0 Å². The number of amides is 1. The number of nitrogens with zero attached hydrogens (tertiary/aromatic N) is 2. The van der Waals surface area contributed by atoms with Gasteiger partial charge in [0.15, 0.2) is 5.69 Å². The molecule has 1 saturated heterocycles. The second-order valence-corrected chi connectivity index (χ2v) is 4.21. The molecule has 1 fully saturated rings. The van der Waals surface area contributed by atoms with Crippen molar-refractivity contribution in [2.75, 3.05) is 13.1 Å². The minimum absolute atomic E-state index is 0.177. The van der Waals surface area contributed by atoms with Gasteiger partial charge in [-0.1, -0.05) is 5.16 Å². The summed E-state index contributed by atoms with van der Waals surface area (Å²) < 4.78 is 4.62. The third-order valence-corrected chi connectivity index (χ3v) is 2.62. The standard InChI is InChI=1S/C10H14N2O3/c1-10(14)4-2-5-12(7-10)9(13)8-3-6-15-11-8/h3,6,14H,2,4-5,7H2,1H3. The average Bonchev–Trinajstić information content (AvgIpc) is 2.67. The van der Waals surface area contributed by atoms with Crippen LogP contribution in [-0.4, -0.2) is 39.8 Å². The Balaban J connectivity index is 2.08. The summed E-state index contributed by atoms with van der Waals surface area (Å²) in [6.45, 7) is 2.77. The van der Waals surface area contributed by atoms with Crippen molar-refractivity contribution in [2.24, 2.45) is 0 Å². The van der Waals surface area contributed by atoms with Gasteiger partial charge in [-0.15, -0.1) is 0 Å². The predicted octanol–water partition coefficient (Wildman–Crippen LogP) is 0.662. The quantitative estimate of drug-likeness (QED) is 0.739. The number of rotatable bonds is 1. The van der Waals surface area contributed by atoms with Crippen molar-refractivity contribution < 1.29 is 14.4 Å². The van der Waals surface area contributed by atoms with E-state index in [1.807, 2.05) is 0 Å². The first-order chi connectivity index (χ1) is 7.08. The molecule has 0 aliphatic carbocycles. The summed E-state index contributed by atoms with van der Waals surface area (Å²) in [4.78, 5) is 13.5. The summed E-state index contributed by atoms with van der Waals surface area (Å²) in [5.41, 5.74) is -0.481. The maximum Gasteiger partial charge on any atom is 0.276 e. The van der Waals surface area contributed by atoms with Crippen LogP contribution in [0.15, 0.2) is 16.9 Å². The molecule has 82 valence electrons. The lowest BCUT2D eigenvalue weighted by molar-refractivity contribution is -0.0110. The number of carbonyl (C=O) groups excluding carboxylic acids is 1. The van der Waals surface area contributed by atoms with Crippen LogP contribution in [0, 0.1) is 0 Å². The van der Waals surface area contributed by atoms with Crippen LogP contribution in [0.3, 0.4) is 0 Å². The van der Waals surface area contributed by atoms with E-state index in [4.69, 9.17) is 0 Å². The van der Waals surface area contributed by atoms with Crippen molar-refractivity contribution in [3.05, 3.63) is 18.0 Å². The maximum absolute atomic E-state index is 11.8. The van der Waals surface area contributed by atoms with E-state index in [9.17, 15) is 9.90 Å². The number of aromatic nitrogens is 1. The Hall–Kier alpha value is -1.36. The van der Waals surface area contributed by atoms with Gasteiger partial charge < -0.3 is 14.5 Å². The largest absolute Gasteiger partial charge is 0.388 e. The van der Waals surface area contributed by atoms with Crippen molar-refractivity contribution >= 4 is 5.91 Å². The van der Waals surface area contributed by atoms with Crippen LogP contribution in [-0.2, 0) is 0 Å². The van der Waals surface area contributed by atoms with Crippen molar-refractivity contribution in [3.8, 4) is 0 Å². The van der Waals surface area contributed by atoms with Crippen LogP contribution in [0.25, 0.3) is 0 Å². The van der Waals surface area contributed by atoms with Gasteiger partial charge >= 0.3 is 0 Å². The summed E-state index contributed by atoms with van der Waals surface area (Å²) in [6.07, 6.45) is 2.92. The molecule has 1 aromatic rings. The molecule has 5 nitrogen and oxygen atoms in total. The Morgan fingerprint density at radius 2 is 2.53 bits per heavy atom. The zero-order valence-corrected chi connectivity index (χ0v) is 8.64. The molecule has 2 heterocycles. The highest BCUT2D eigenvalue weighted by Gasteiger charge is 2.31. The fraction of sp³-hybridized carbons (Fsp3) is 0.600. The van der Waals surface area contributed by atoms with Gasteiger partial charge in [-0.2, -0.15) is 0 Å². The molecule has 5 heteroatoms. The number of likely N-dealkylation sites (tertiary alicyclic amines) is 1. The summed E-state index contributed by atoms with van der Waals surface area (Å²) in [5, 5.41) is 13.4. The van der Waals surface area contributed by atoms with Gasteiger partial charge in [-0.05, 0) is 19.8 Å². The minimum Gasteiger partial charge on any atom is -0.388 e. The molecule has 0 spiro atoms. The molecule has 1 aliphatic heterocycles. The number of hydrogen-bond acceptors (Lipinski definition) is 4. The Morgan fingerprint density at radius 3 is 3.13 bits per heavy atom. The van der Waals surface area contributed by atoms with E-state index in [1.165, 1.54) is 12.3 Å². The van der Waals surface area contributed by atoms with Gasteiger partial charge in [0.05, 0.1) is 5.60 Å². The van der Waals surface area contributed by atoms with Crippen LogP contribution in [0.1, 0.15) is 30.3 Å². The number of carbonyl (C=O) groups is 1. The summed E-state index contributed by atoms with van der Waals surface area (Å²) in [5.74, 6) is -0.177. The topological polar surface area (TPSA) is 66.6 Å². The molecular formula is C10H14N2O3. The average molecular weight is 210 g/mol. The minimum atomic E-state index is -0.780. The first-order valence-electron chi connectivity index (χ1n) is 5.00. The molecule has 0 saturated carbocycles. The number of hydrogen-bond donors (Lipinski definition) is 1. The second kappa shape index (κ2) is 3.66. The normalized spacial score (nSPS) is 26.7. The van der Waals surface area contributed by atoms with Crippen molar-refractivity contribution in [1.82, 2.24) is 10.1 Å². The van der Waals surface area contributed by atoms with E-state index in [1.54, 1.807) is 11.8 Å². The number of aliphatic hydroxyl groups is 1. The van der Waals surface area contributed by atoms with Crippen molar-refractivity contribution in [2.45, 2.75) is 25.4 Å². The zero-order chi connectivity index (χ0) is 10.9. The maximum atomic E-state index is 11.8. The van der Waals surface area contributed by atoms with Crippen LogP contribution in [0.2, 0.25) is 0 Å². The fourth-order valence-corrected chi connectivity index (χ4v) is 1.88.